The number of pyridine rings is 1. The summed E-state index contributed by atoms with van der Waals surface area (Å²) in [5, 5.41) is 3.21. The molecule has 0 spiro atoms. The van der Waals surface area contributed by atoms with E-state index in [1.165, 1.54) is 23.6 Å². The standard InChI is InChI=1S/C17H16FN3O3S2/c1-26(23,24)7-6-20-16(22)10-17-21-13-3-2-11(8-14(13)25-17)12-4-5-19-15(18)9-12/h2-5,8-9H,6-7,10H2,1H3,(H,20,22). The zero-order valence-corrected chi connectivity index (χ0v) is 15.5. The fraction of sp³-hybridized carbons (Fsp3) is 0.235. The van der Waals surface area contributed by atoms with Gasteiger partial charge in [0.1, 0.15) is 14.8 Å². The number of sulfone groups is 1. The Morgan fingerprint density at radius 3 is 2.73 bits per heavy atom. The first-order chi connectivity index (χ1) is 12.3. The molecular formula is C17H16FN3O3S2. The molecule has 0 unspecified atom stereocenters. The van der Waals surface area contributed by atoms with Crippen molar-refractivity contribution in [2.24, 2.45) is 0 Å². The van der Waals surface area contributed by atoms with Crippen LogP contribution in [0.2, 0.25) is 0 Å². The van der Waals surface area contributed by atoms with Crippen LogP contribution in [0.5, 0.6) is 0 Å². The average Bonchev–Trinajstić information content (AvgIpc) is 2.94. The van der Waals surface area contributed by atoms with Crippen LogP contribution in [-0.4, -0.2) is 42.8 Å². The Labute approximate surface area is 154 Å². The molecule has 0 aliphatic carbocycles. The van der Waals surface area contributed by atoms with Crippen LogP contribution in [0.3, 0.4) is 0 Å². The number of hydrogen-bond acceptors (Lipinski definition) is 6. The molecule has 3 rings (SSSR count). The van der Waals surface area contributed by atoms with Crippen molar-refractivity contribution in [3.8, 4) is 11.1 Å². The van der Waals surface area contributed by atoms with Gasteiger partial charge in [0, 0.05) is 25.1 Å². The Balaban J connectivity index is 1.72. The lowest BCUT2D eigenvalue weighted by Gasteiger charge is -2.02. The van der Waals surface area contributed by atoms with E-state index in [0.29, 0.717) is 10.6 Å². The van der Waals surface area contributed by atoms with Crippen molar-refractivity contribution < 1.29 is 17.6 Å². The summed E-state index contributed by atoms with van der Waals surface area (Å²) in [6.07, 6.45) is 2.62. The van der Waals surface area contributed by atoms with Crippen LogP contribution in [0.4, 0.5) is 4.39 Å². The normalized spacial score (nSPS) is 11.6. The van der Waals surface area contributed by atoms with E-state index >= 15 is 0 Å². The fourth-order valence-corrected chi connectivity index (χ4v) is 3.86. The first kappa shape index (κ1) is 18.4. The minimum Gasteiger partial charge on any atom is -0.355 e. The first-order valence-corrected chi connectivity index (χ1v) is 10.6. The summed E-state index contributed by atoms with van der Waals surface area (Å²) in [6, 6.07) is 8.64. The molecule has 1 aromatic carbocycles. The largest absolute Gasteiger partial charge is 0.355 e. The third-order valence-corrected chi connectivity index (χ3v) is 5.56. The van der Waals surface area contributed by atoms with Crippen LogP contribution < -0.4 is 5.32 Å². The number of carbonyl (C=O) groups is 1. The molecule has 0 saturated carbocycles. The Morgan fingerprint density at radius 2 is 2.00 bits per heavy atom. The van der Waals surface area contributed by atoms with E-state index in [9.17, 15) is 17.6 Å². The van der Waals surface area contributed by atoms with Crippen molar-refractivity contribution in [3.63, 3.8) is 0 Å². The number of halogens is 1. The van der Waals surface area contributed by atoms with Crippen molar-refractivity contribution in [2.75, 3.05) is 18.6 Å². The lowest BCUT2D eigenvalue weighted by atomic mass is 10.1. The highest BCUT2D eigenvalue weighted by Crippen LogP contribution is 2.28. The van der Waals surface area contributed by atoms with Gasteiger partial charge in [-0.15, -0.1) is 11.3 Å². The number of nitrogens with zero attached hydrogens (tertiary/aromatic N) is 2. The molecule has 136 valence electrons. The molecule has 0 radical (unpaired) electrons. The highest BCUT2D eigenvalue weighted by Gasteiger charge is 2.11. The molecule has 2 heterocycles. The molecule has 0 aliphatic rings. The van der Waals surface area contributed by atoms with Crippen molar-refractivity contribution >= 4 is 37.3 Å². The van der Waals surface area contributed by atoms with Crippen LogP contribution >= 0.6 is 11.3 Å². The molecule has 0 bridgehead atoms. The van der Waals surface area contributed by atoms with Crippen molar-refractivity contribution in [1.29, 1.82) is 0 Å². The van der Waals surface area contributed by atoms with Crippen LogP contribution in [0, 0.1) is 5.95 Å². The molecule has 0 atom stereocenters. The molecule has 1 amide bonds. The summed E-state index contributed by atoms with van der Waals surface area (Å²) in [5.74, 6) is -0.910. The van der Waals surface area contributed by atoms with E-state index in [1.54, 1.807) is 6.07 Å². The predicted octanol–water partition coefficient (Wildman–Crippen LogP) is 2.20. The highest BCUT2D eigenvalue weighted by atomic mass is 32.2. The number of fused-ring (bicyclic) bond motifs is 1. The maximum absolute atomic E-state index is 13.3. The summed E-state index contributed by atoms with van der Waals surface area (Å²) in [6.45, 7) is 0.0836. The van der Waals surface area contributed by atoms with E-state index in [0.717, 1.165) is 22.0 Å². The topological polar surface area (TPSA) is 89.0 Å². The Kier molecular flexibility index (Phi) is 5.28. The molecule has 3 aromatic rings. The number of thiazole rings is 1. The Bertz CT molecular complexity index is 1060. The quantitative estimate of drug-likeness (QED) is 0.649. The van der Waals surface area contributed by atoms with Crippen molar-refractivity contribution in [3.05, 3.63) is 47.5 Å². The highest BCUT2D eigenvalue weighted by molar-refractivity contribution is 7.90. The van der Waals surface area contributed by atoms with Gasteiger partial charge in [-0.25, -0.2) is 18.4 Å². The van der Waals surface area contributed by atoms with Crippen LogP contribution in [0.15, 0.2) is 36.5 Å². The average molecular weight is 393 g/mol. The molecular weight excluding hydrogens is 377 g/mol. The number of rotatable bonds is 6. The maximum Gasteiger partial charge on any atom is 0.226 e. The van der Waals surface area contributed by atoms with Gasteiger partial charge in [0.25, 0.3) is 0 Å². The Morgan fingerprint density at radius 1 is 1.23 bits per heavy atom. The predicted molar refractivity (Wildman–Crippen MR) is 99.2 cm³/mol. The van der Waals surface area contributed by atoms with E-state index < -0.39 is 15.8 Å². The number of nitrogens with one attached hydrogen (secondary N) is 1. The number of amides is 1. The summed E-state index contributed by atoms with van der Waals surface area (Å²) < 4.78 is 36.3. The smallest absolute Gasteiger partial charge is 0.226 e. The van der Waals surface area contributed by atoms with Gasteiger partial charge in [-0.2, -0.15) is 4.39 Å². The molecule has 0 aliphatic heterocycles. The van der Waals surface area contributed by atoms with Crippen LogP contribution in [0.1, 0.15) is 5.01 Å². The summed E-state index contributed by atoms with van der Waals surface area (Å²) in [5.41, 5.74) is 2.31. The maximum atomic E-state index is 13.3. The second-order valence-electron chi connectivity index (χ2n) is 5.81. The summed E-state index contributed by atoms with van der Waals surface area (Å²) in [7, 11) is -3.11. The summed E-state index contributed by atoms with van der Waals surface area (Å²) >= 11 is 1.38. The summed E-state index contributed by atoms with van der Waals surface area (Å²) in [4.78, 5) is 19.9. The minimum atomic E-state index is -3.11. The van der Waals surface area contributed by atoms with Gasteiger partial charge in [0.2, 0.25) is 11.9 Å². The van der Waals surface area contributed by atoms with Gasteiger partial charge in [-0.05, 0) is 29.3 Å². The van der Waals surface area contributed by atoms with Crippen molar-refractivity contribution in [2.45, 2.75) is 6.42 Å². The molecule has 1 N–H and O–H groups in total. The van der Waals surface area contributed by atoms with E-state index in [-0.39, 0.29) is 24.6 Å². The first-order valence-electron chi connectivity index (χ1n) is 7.76. The lowest BCUT2D eigenvalue weighted by Crippen LogP contribution is -2.29. The van der Waals surface area contributed by atoms with Gasteiger partial charge in [-0.3, -0.25) is 4.79 Å². The van der Waals surface area contributed by atoms with Crippen LogP contribution in [0.25, 0.3) is 21.3 Å². The number of benzene rings is 1. The number of aromatic nitrogens is 2. The molecule has 26 heavy (non-hydrogen) atoms. The van der Waals surface area contributed by atoms with Gasteiger partial charge in [0.15, 0.2) is 0 Å². The molecule has 9 heteroatoms. The Hall–Kier alpha value is -2.39. The lowest BCUT2D eigenvalue weighted by molar-refractivity contribution is -0.120. The minimum absolute atomic E-state index is 0.0836. The van der Waals surface area contributed by atoms with Crippen LogP contribution in [-0.2, 0) is 21.1 Å². The zero-order valence-electron chi connectivity index (χ0n) is 13.9. The second kappa shape index (κ2) is 7.46. The monoisotopic (exact) mass is 393 g/mol. The van der Waals surface area contributed by atoms with Crippen molar-refractivity contribution in [1.82, 2.24) is 15.3 Å². The molecule has 6 nitrogen and oxygen atoms in total. The molecule has 0 saturated heterocycles. The third-order valence-electron chi connectivity index (χ3n) is 3.60. The molecule has 0 fully saturated rings. The SMILES string of the molecule is CS(=O)(=O)CCNC(=O)Cc1nc2ccc(-c3ccnc(F)c3)cc2s1. The van der Waals surface area contributed by atoms with Gasteiger partial charge >= 0.3 is 0 Å². The van der Waals surface area contributed by atoms with E-state index in [1.807, 2.05) is 18.2 Å². The second-order valence-corrected chi connectivity index (χ2v) is 9.19. The third kappa shape index (κ3) is 4.83. The van der Waals surface area contributed by atoms with Gasteiger partial charge < -0.3 is 5.32 Å². The van der Waals surface area contributed by atoms with E-state index in [2.05, 4.69) is 15.3 Å². The van der Waals surface area contributed by atoms with Gasteiger partial charge in [-0.1, -0.05) is 6.07 Å². The molecule has 2 aromatic heterocycles. The zero-order chi connectivity index (χ0) is 18.7. The van der Waals surface area contributed by atoms with E-state index in [4.69, 9.17) is 0 Å². The van der Waals surface area contributed by atoms with Gasteiger partial charge in [0.05, 0.1) is 22.4 Å². The number of carbonyl (C=O) groups excluding carboxylic acids is 1. The fourth-order valence-electron chi connectivity index (χ4n) is 2.39. The number of hydrogen-bond donors (Lipinski definition) is 1.